The maximum absolute atomic E-state index is 12.1. The number of nitriles is 1. The van der Waals surface area contributed by atoms with Crippen molar-refractivity contribution in [2.45, 2.75) is 32.7 Å². The molecule has 1 rings (SSSR count). The molecule has 1 amide bonds. The summed E-state index contributed by atoms with van der Waals surface area (Å²) in [5, 5.41) is 11.8. The summed E-state index contributed by atoms with van der Waals surface area (Å²) in [6.45, 7) is 5.57. The number of halogens is 1. The fourth-order valence-electron chi connectivity index (χ4n) is 1.34. The molecule has 0 bridgehead atoms. The van der Waals surface area contributed by atoms with Crippen LogP contribution in [0.25, 0.3) is 0 Å². The highest BCUT2D eigenvalue weighted by Gasteiger charge is 2.25. The van der Waals surface area contributed by atoms with Crippen LogP contribution in [0.1, 0.15) is 36.2 Å². The molecule has 1 aromatic rings. The number of nitrogens with zero attached hydrogens (tertiary/aromatic N) is 1. The molecule has 0 fully saturated rings. The average Bonchev–Trinajstić information content (AvgIpc) is 2.32. The standard InChI is InChI=1S/C13H15IN2O/c1-4-13(3,8-15)16-12(17)10-7-5-6-9(2)11(10)14/h5-7H,4H2,1-3H3,(H,16,17). The predicted molar refractivity (Wildman–Crippen MR) is 75.7 cm³/mol. The Morgan fingerprint density at radius 1 is 1.59 bits per heavy atom. The van der Waals surface area contributed by atoms with E-state index in [2.05, 4.69) is 34.0 Å². The van der Waals surface area contributed by atoms with Gasteiger partial charge >= 0.3 is 0 Å². The van der Waals surface area contributed by atoms with E-state index < -0.39 is 5.54 Å². The minimum atomic E-state index is -0.802. The van der Waals surface area contributed by atoms with Crippen molar-refractivity contribution in [1.29, 1.82) is 5.26 Å². The van der Waals surface area contributed by atoms with Crippen LogP contribution in [0, 0.1) is 21.8 Å². The molecular formula is C13H15IN2O. The van der Waals surface area contributed by atoms with Crippen molar-refractivity contribution in [3.63, 3.8) is 0 Å². The maximum atomic E-state index is 12.1. The van der Waals surface area contributed by atoms with E-state index in [9.17, 15) is 4.79 Å². The van der Waals surface area contributed by atoms with Crippen molar-refractivity contribution in [1.82, 2.24) is 5.32 Å². The SMILES string of the molecule is CCC(C)(C#N)NC(=O)c1cccc(C)c1I. The van der Waals surface area contributed by atoms with E-state index in [1.807, 2.05) is 26.0 Å². The molecule has 0 saturated heterocycles. The molecule has 0 aromatic heterocycles. The molecule has 0 saturated carbocycles. The molecule has 1 atom stereocenters. The summed E-state index contributed by atoms with van der Waals surface area (Å²) in [6.07, 6.45) is 0.581. The predicted octanol–water partition coefficient (Wildman–Crippen LogP) is 3.02. The Morgan fingerprint density at radius 3 is 2.76 bits per heavy atom. The normalized spacial score (nSPS) is 13.6. The van der Waals surface area contributed by atoms with E-state index in [0.717, 1.165) is 9.13 Å². The van der Waals surface area contributed by atoms with Crippen molar-refractivity contribution < 1.29 is 4.79 Å². The zero-order valence-corrected chi connectivity index (χ0v) is 12.3. The van der Waals surface area contributed by atoms with Gasteiger partial charge in [0.15, 0.2) is 0 Å². The summed E-state index contributed by atoms with van der Waals surface area (Å²) in [5.41, 5.74) is 0.887. The van der Waals surface area contributed by atoms with Crippen molar-refractivity contribution >= 4 is 28.5 Å². The molecule has 3 nitrogen and oxygen atoms in total. The smallest absolute Gasteiger partial charge is 0.253 e. The second-order valence-electron chi connectivity index (χ2n) is 4.19. The number of amides is 1. The van der Waals surface area contributed by atoms with Gasteiger partial charge in [-0.25, -0.2) is 0 Å². The highest BCUT2D eigenvalue weighted by molar-refractivity contribution is 14.1. The highest BCUT2D eigenvalue weighted by Crippen LogP contribution is 2.18. The first-order valence-electron chi connectivity index (χ1n) is 5.42. The third kappa shape index (κ3) is 3.19. The lowest BCUT2D eigenvalue weighted by Gasteiger charge is -2.21. The zero-order valence-electron chi connectivity index (χ0n) is 10.2. The van der Waals surface area contributed by atoms with E-state index in [0.29, 0.717) is 12.0 Å². The Labute approximate surface area is 115 Å². The molecule has 0 heterocycles. The van der Waals surface area contributed by atoms with Crippen LogP contribution in [0.2, 0.25) is 0 Å². The topological polar surface area (TPSA) is 52.9 Å². The van der Waals surface area contributed by atoms with Crippen LogP contribution >= 0.6 is 22.6 Å². The quantitative estimate of drug-likeness (QED) is 0.859. The van der Waals surface area contributed by atoms with Crippen LogP contribution in [0.4, 0.5) is 0 Å². The van der Waals surface area contributed by atoms with Gasteiger partial charge in [0.1, 0.15) is 5.54 Å². The summed E-state index contributed by atoms with van der Waals surface area (Å²) in [7, 11) is 0. The number of aryl methyl sites for hydroxylation is 1. The Morgan fingerprint density at radius 2 is 2.24 bits per heavy atom. The van der Waals surface area contributed by atoms with E-state index in [1.54, 1.807) is 13.0 Å². The van der Waals surface area contributed by atoms with Crippen molar-refractivity contribution in [3.05, 3.63) is 32.9 Å². The van der Waals surface area contributed by atoms with E-state index in [-0.39, 0.29) is 5.91 Å². The Balaban J connectivity index is 2.99. The van der Waals surface area contributed by atoms with Gasteiger partial charge in [0, 0.05) is 3.57 Å². The first-order chi connectivity index (χ1) is 7.93. The molecule has 0 spiro atoms. The van der Waals surface area contributed by atoms with Gasteiger partial charge in [-0.3, -0.25) is 4.79 Å². The Hall–Kier alpha value is -1.09. The average molecular weight is 342 g/mol. The summed E-state index contributed by atoms with van der Waals surface area (Å²) in [5.74, 6) is -0.191. The molecule has 1 aromatic carbocycles. The Kier molecular flexibility index (Phi) is 4.52. The lowest BCUT2D eigenvalue weighted by atomic mass is 10.0. The van der Waals surface area contributed by atoms with Gasteiger partial charge < -0.3 is 5.32 Å². The first-order valence-corrected chi connectivity index (χ1v) is 6.50. The minimum Gasteiger partial charge on any atom is -0.334 e. The molecule has 0 aliphatic carbocycles. The van der Waals surface area contributed by atoms with Gasteiger partial charge in [-0.05, 0) is 54.5 Å². The van der Waals surface area contributed by atoms with Crippen LogP contribution in [0.3, 0.4) is 0 Å². The monoisotopic (exact) mass is 342 g/mol. The van der Waals surface area contributed by atoms with Gasteiger partial charge in [0.05, 0.1) is 11.6 Å². The number of benzene rings is 1. The van der Waals surface area contributed by atoms with Crippen LogP contribution in [-0.2, 0) is 0 Å². The molecule has 0 radical (unpaired) electrons. The number of carbonyl (C=O) groups excluding carboxylic acids is 1. The fourth-order valence-corrected chi connectivity index (χ4v) is 1.94. The van der Waals surface area contributed by atoms with E-state index in [1.165, 1.54) is 0 Å². The van der Waals surface area contributed by atoms with Crippen molar-refractivity contribution in [2.24, 2.45) is 0 Å². The van der Waals surface area contributed by atoms with Gasteiger partial charge in [0.25, 0.3) is 5.91 Å². The number of hydrogen-bond donors (Lipinski definition) is 1. The summed E-state index contributed by atoms with van der Waals surface area (Å²) in [4.78, 5) is 12.1. The third-order valence-electron chi connectivity index (χ3n) is 2.78. The lowest BCUT2D eigenvalue weighted by Crippen LogP contribution is -2.44. The Bertz CT molecular complexity index is 479. The number of nitrogens with one attached hydrogen (secondary N) is 1. The lowest BCUT2D eigenvalue weighted by molar-refractivity contribution is 0.0922. The molecular weight excluding hydrogens is 327 g/mol. The number of carbonyl (C=O) groups is 1. The molecule has 17 heavy (non-hydrogen) atoms. The third-order valence-corrected chi connectivity index (χ3v) is 4.21. The van der Waals surface area contributed by atoms with Crippen LogP contribution < -0.4 is 5.32 Å². The van der Waals surface area contributed by atoms with Gasteiger partial charge in [0.2, 0.25) is 0 Å². The zero-order chi connectivity index (χ0) is 13.1. The molecule has 1 N–H and O–H groups in total. The van der Waals surface area contributed by atoms with Crippen molar-refractivity contribution in [2.75, 3.05) is 0 Å². The van der Waals surface area contributed by atoms with Crippen LogP contribution in [0.15, 0.2) is 18.2 Å². The van der Waals surface area contributed by atoms with E-state index >= 15 is 0 Å². The minimum absolute atomic E-state index is 0.191. The molecule has 0 aliphatic rings. The highest BCUT2D eigenvalue weighted by atomic mass is 127. The fraction of sp³-hybridized carbons (Fsp3) is 0.385. The summed E-state index contributed by atoms with van der Waals surface area (Å²) in [6, 6.07) is 7.71. The summed E-state index contributed by atoms with van der Waals surface area (Å²) >= 11 is 2.15. The first kappa shape index (κ1) is 14.0. The second kappa shape index (κ2) is 5.50. The molecule has 0 aliphatic heterocycles. The maximum Gasteiger partial charge on any atom is 0.253 e. The van der Waals surface area contributed by atoms with Crippen molar-refractivity contribution in [3.8, 4) is 6.07 Å². The molecule has 90 valence electrons. The van der Waals surface area contributed by atoms with Gasteiger partial charge in [-0.15, -0.1) is 0 Å². The number of hydrogen-bond acceptors (Lipinski definition) is 2. The van der Waals surface area contributed by atoms with Crippen LogP contribution in [-0.4, -0.2) is 11.4 Å². The molecule has 1 unspecified atom stereocenters. The summed E-state index contributed by atoms with van der Waals surface area (Å²) < 4.78 is 0.930. The van der Waals surface area contributed by atoms with Gasteiger partial charge in [-0.2, -0.15) is 5.26 Å². The largest absolute Gasteiger partial charge is 0.334 e. The van der Waals surface area contributed by atoms with E-state index in [4.69, 9.17) is 5.26 Å². The second-order valence-corrected chi connectivity index (χ2v) is 5.27. The number of rotatable bonds is 3. The van der Waals surface area contributed by atoms with Crippen LogP contribution in [0.5, 0.6) is 0 Å². The van der Waals surface area contributed by atoms with Gasteiger partial charge in [-0.1, -0.05) is 19.1 Å². The molecule has 4 heteroatoms.